The third-order valence-corrected chi connectivity index (χ3v) is 6.67. The summed E-state index contributed by atoms with van der Waals surface area (Å²) in [4.78, 5) is 9.52. The van der Waals surface area contributed by atoms with Gasteiger partial charge in [0.15, 0.2) is 17.0 Å². The Hall–Kier alpha value is -1.85. The van der Waals surface area contributed by atoms with Crippen LogP contribution in [0.3, 0.4) is 0 Å². The SMILES string of the molecule is CSc1nc(OCc2ccccc2)c2c3c(c(I)nn3C3CCCCO3)n(C)c2n1. The Morgan fingerprint density at radius 3 is 2.77 bits per heavy atom. The fourth-order valence-corrected chi connectivity index (χ4v) is 5.14. The Balaban J connectivity index is 1.70. The molecule has 5 rings (SSSR count). The molecule has 1 fully saturated rings. The van der Waals surface area contributed by atoms with Crippen LogP contribution in [0.15, 0.2) is 35.5 Å². The third kappa shape index (κ3) is 3.46. The Bertz CT molecular complexity index is 1200. The first-order valence-electron chi connectivity index (χ1n) is 9.94. The highest BCUT2D eigenvalue weighted by atomic mass is 127. The van der Waals surface area contributed by atoms with Gasteiger partial charge in [-0.1, -0.05) is 42.1 Å². The van der Waals surface area contributed by atoms with Gasteiger partial charge in [0, 0.05) is 13.7 Å². The summed E-state index contributed by atoms with van der Waals surface area (Å²) in [5.74, 6) is 0.590. The fraction of sp³-hybridized carbons (Fsp3) is 0.381. The van der Waals surface area contributed by atoms with Crippen LogP contribution in [0, 0.1) is 3.70 Å². The molecule has 1 aliphatic rings. The zero-order valence-corrected chi connectivity index (χ0v) is 19.8. The molecule has 0 N–H and O–H groups in total. The van der Waals surface area contributed by atoms with E-state index in [1.54, 1.807) is 0 Å². The van der Waals surface area contributed by atoms with Gasteiger partial charge in [-0.05, 0) is 53.7 Å². The van der Waals surface area contributed by atoms with Gasteiger partial charge in [0.2, 0.25) is 5.88 Å². The largest absolute Gasteiger partial charge is 0.472 e. The van der Waals surface area contributed by atoms with Gasteiger partial charge in [-0.25, -0.2) is 9.67 Å². The molecule has 0 aliphatic carbocycles. The molecule has 1 aliphatic heterocycles. The molecule has 4 heterocycles. The van der Waals surface area contributed by atoms with Crippen molar-refractivity contribution in [1.29, 1.82) is 0 Å². The summed E-state index contributed by atoms with van der Waals surface area (Å²) in [5.41, 5.74) is 3.98. The molecule has 30 heavy (non-hydrogen) atoms. The Kier molecular flexibility index (Phi) is 5.59. The minimum atomic E-state index is -0.0717. The van der Waals surface area contributed by atoms with Crippen LogP contribution in [0.2, 0.25) is 0 Å². The third-order valence-electron chi connectivity index (χ3n) is 5.40. The predicted molar refractivity (Wildman–Crippen MR) is 126 cm³/mol. The maximum Gasteiger partial charge on any atom is 0.229 e. The lowest BCUT2D eigenvalue weighted by Crippen LogP contribution is -2.19. The molecule has 1 atom stereocenters. The lowest BCUT2D eigenvalue weighted by molar-refractivity contribution is -0.0367. The van der Waals surface area contributed by atoms with E-state index in [1.165, 1.54) is 11.8 Å². The molecule has 7 nitrogen and oxygen atoms in total. The first kappa shape index (κ1) is 20.1. The highest BCUT2D eigenvalue weighted by Gasteiger charge is 2.28. The summed E-state index contributed by atoms with van der Waals surface area (Å²) in [5, 5.41) is 6.41. The summed E-state index contributed by atoms with van der Waals surface area (Å²) in [6, 6.07) is 10.1. The number of fused-ring (bicyclic) bond motifs is 3. The van der Waals surface area contributed by atoms with Crippen LogP contribution in [-0.2, 0) is 18.4 Å². The van der Waals surface area contributed by atoms with E-state index in [9.17, 15) is 0 Å². The van der Waals surface area contributed by atoms with Gasteiger partial charge >= 0.3 is 0 Å². The normalized spacial score (nSPS) is 17.1. The molecule has 9 heteroatoms. The molecule has 0 amide bonds. The fourth-order valence-electron chi connectivity index (χ4n) is 3.94. The lowest BCUT2D eigenvalue weighted by atomic mass is 10.2. The second-order valence-electron chi connectivity index (χ2n) is 7.30. The Morgan fingerprint density at radius 1 is 1.20 bits per heavy atom. The van der Waals surface area contributed by atoms with Crippen LogP contribution >= 0.6 is 34.4 Å². The number of hydrogen-bond acceptors (Lipinski definition) is 6. The predicted octanol–water partition coefficient (Wildman–Crippen LogP) is 4.92. The smallest absolute Gasteiger partial charge is 0.229 e. The standard InChI is InChI=1S/C21H22IN5O2S/c1-26-17-16(27(25-18(17)22)14-10-6-7-11-28-14)15-19(26)23-21(30-2)24-20(15)29-12-13-8-4-3-5-9-13/h3-5,8-9,14H,6-7,10-12H2,1-2H3. The number of nitrogens with zero attached hydrogens (tertiary/aromatic N) is 5. The molecule has 1 unspecified atom stereocenters. The van der Waals surface area contributed by atoms with Gasteiger partial charge in [-0.3, -0.25) is 0 Å². The van der Waals surface area contributed by atoms with Crippen molar-refractivity contribution in [3.63, 3.8) is 0 Å². The monoisotopic (exact) mass is 535 g/mol. The van der Waals surface area contributed by atoms with Gasteiger partial charge in [-0.2, -0.15) is 10.1 Å². The Morgan fingerprint density at radius 2 is 2.03 bits per heavy atom. The van der Waals surface area contributed by atoms with Crippen LogP contribution in [-0.4, -0.2) is 37.2 Å². The van der Waals surface area contributed by atoms with Crippen LogP contribution < -0.4 is 4.74 Å². The van der Waals surface area contributed by atoms with E-state index in [0.29, 0.717) is 17.6 Å². The number of benzene rings is 1. The molecule has 0 spiro atoms. The first-order valence-corrected chi connectivity index (χ1v) is 12.2. The van der Waals surface area contributed by atoms with Gasteiger partial charge in [-0.15, -0.1) is 0 Å². The van der Waals surface area contributed by atoms with Crippen molar-refractivity contribution >= 4 is 56.4 Å². The van der Waals surface area contributed by atoms with E-state index < -0.39 is 0 Å². The summed E-state index contributed by atoms with van der Waals surface area (Å²) >= 11 is 3.81. The molecule has 156 valence electrons. The Labute approximate surface area is 192 Å². The summed E-state index contributed by atoms with van der Waals surface area (Å²) in [6.45, 7) is 1.21. The number of aromatic nitrogens is 5. The molecule has 4 aromatic rings. The maximum absolute atomic E-state index is 6.26. The number of thioether (sulfide) groups is 1. The zero-order chi connectivity index (χ0) is 20.7. The maximum atomic E-state index is 6.26. The first-order chi connectivity index (χ1) is 14.7. The summed E-state index contributed by atoms with van der Waals surface area (Å²) < 4.78 is 17.3. The van der Waals surface area contributed by atoms with E-state index in [4.69, 9.17) is 24.5 Å². The molecule has 3 aromatic heterocycles. The number of aryl methyl sites for hydroxylation is 1. The topological polar surface area (TPSA) is 67.0 Å². The summed E-state index contributed by atoms with van der Waals surface area (Å²) in [7, 11) is 2.03. The van der Waals surface area contributed by atoms with Crippen molar-refractivity contribution in [2.75, 3.05) is 12.9 Å². The van der Waals surface area contributed by atoms with Crippen LogP contribution in [0.1, 0.15) is 31.1 Å². The summed E-state index contributed by atoms with van der Waals surface area (Å²) in [6.07, 6.45) is 5.09. The quantitative estimate of drug-likeness (QED) is 0.205. The number of hydrogen-bond donors (Lipinski definition) is 0. The molecule has 0 bridgehead atoms. The van der Waals surface area contributed by atoms with E-state index in [-0.39, 0.29) is 6.23 Å². The molecule has 0 saturated carbocycles. The van der Waals surface area contributed by atoms with Gasteiger partial charge in [0.1, 0.15) is 26.7 Å². The van der Waals surface area contributed by atoms with E-state index in [0.717, 1.165) is 57.2 Å². The molecular formula is C21H22IN5O2S. The highest BCUT2D eigenvalue weighted by molar-refractivity contribution is 14.1. The second-order valence-corrected chi connectivity index (χ2v) is 9.10. The number of halogens is 1. The minimum absolute atomic E-state index is 0.0717. The molecule has 0 radical (unpaired) electrons. The molecule has 1 aromatic carbocycles. The average molecular weight is 535 g/mol. The number of rotatable bonds is 5. The molecular weight excluding hydrogens is 513 g/mol. The number of ether oxygens (including phenoxy) is 2. The van der Waals surface area contributed by atoms with E-state index in [2.05, 4.69) is 39.3 Å². The van der Waals surface area contributed by atoms with Gasteiger partial charge < -0.3 is 14.0 Å². The average Bonchev–Trinajstić information content (AvgIpc) is 3.29. The van der Waals surface area contributed by atoms with Crippen LogP contribution in [0.25, 0.3) is 22.1 Å². The van der Waals surface area contributed by atoms with Gasteiger partial charge in [0.05, 0.1) is 0 Å². The minimum Gasteiger partial charge on any atom is -0.472 e. The molecule has 1 saturated heterocycles. The van der Waals surface area contributed by atoms with Crippen molar-refractivity contribution in [3.05, 3.63) is 39.6 Å². The van der Waals surface area contributed by atoms with Gasteiger partial charge in [0.25, 0.3) is 0 Å². The van der Waals surface area contributed by atoms with Crippen molar-refractivity contribution in [2.24, 2.45) is 7.05 Å². The van der Waals surface area contributed by atoms with Crippen LogP contribution in [0.4, 0.5) is 0 Å². The zero-order valence-electron chi connectivity index (χ0n) is 16.8. The van der Waals surface area contributed by atoms with E-state index >= 15 is 0 Å². The van der Waals surface area contributed by atoms with Crippen molar-refractivity contribution in [3.8, 4) is 5.88 Å². The van der Waals surface area contributed by atoms with Crippen molar-refractivity contribution in [1.82, 2.24) is 24.3 Å². The highest BCUT2D eigenvalue weighted by Crippen LogP contribution is 2.39. The second kappa shape index (κ2) is 8.35. The van der Waals surface area contributed by atoms with Crippen molar-refractivity contribution in [2.45, 2.75) is 37.3 Å². The van der Waals surface area contributed by atoms with E-state index in [1.807, 2.05) is 36.2 Å². The van der Waals surface area contributed by atoms with Crippen LogP contribution in [0.5, 0.6) is 5.88 Å². The lowest BCUT2D eigenvalue weighted by Gasteiger charge is -2.23. The van der Waals surface area contributed by atoms with Crippen molar-refractivity contribution < 1.29 is 9.47 Å².